The van der Waals surface area contributed by atoms with E-state index in [-0.39, 0.29) is 6.04 Å². The van der Waals surface area contributed by atoms with Gasteiger partial charge in [-0.25, -0.2) is 4.98 Å². The van der Waals surface area contributed by atoms with Gasteiger partial charge in [0.2, 0.25) is 0 Å². The number of aromatic amines is 1. The van der Waals surface area contributed by atoms with Gasteiger partial charge in [0.05, 0.1) is 8.93 Å². The first-order chi connectivity index (χ1) is 8.74. The zero-order valence-corrected chi connectivity index (χ0v) is 13.2. The molecule has 0 fully saturated rings. The first-order valence-corrected chi connectivity index (χ1v) is 8.17. The van der Waals surface area contributed by atoms with Gasteiger partial charge in [-0.05, 0) is 60.4 Å². The Morgan fingerprint density at radius 3 is 3.28 bits per heavy atom. The molecule has 5 heteroatoms. The second-order valence-corrected chi connectivity index (χ2v) is 7.77. The van der Waals surface area contributed by atoms with Crippen molar-refractivity contribution in [3.05, 3.63) is 37.6 Å². The van der Waals surface area contributed by atoms with Gasteiger partial charge in [-0.3, -0.25) is 0 Å². The lowest BCUT2D eigenvalue weighted by Crippen LogP contribution is -2.27. The highest BCUT2D eigenvalue weighted by Crippen LogP contribution is 2.37. The summed E-state index contributed by atoms with van der Waals surface area (Å²) in [6, 6.07) is 3.09. The molecule has 0 spiro atoms. The second-order valence-electron chi connectivity index (χ2n) is 4.74. The summed E-state index contributed by atoms with van der Waals surface area (Å²) in [6.45, 7) is 2.17. The number of aromatic nitrogens is 2. The Morgan fingerprint density at radius 1 is 1.61 bits per heavy atom. The van der Waals surface area contributed by atoms with Gasteiger partial charge in [0.1, 0.15) is 5.82 Å². The summed E-state index contributed by atoms with van der Waals surface area (Å²) < 4.78 is 1.40. The predicted molar refractivity (Wildman–Crippen MR) is 82.9 cm³/mol. The predicted octanol–water partition coefficient (Wildman–Crippen LogP) is 3.80. The maximum Gasteiger partial charge on any atom is 0.122 e. The average Bonchev–Trinajstić information content (AvgIpc) is 2.96. The Labute approximate surface area is 125 Å². The standard InChI is InChI=1S/C13H16IN3S/c1-8(13-15-5-6-16-13)17-10-3-2-4-11-9(10)7-12(14)18-11/h5-8,10,17H,2-4H2,1H3,(H,15,16). The van der Waals surface area contributed by atoms with Crippen LogP contribution in [0.1, 0.15) is 48.1 Å². The number of halogens is 1. The van der Waals surface area contributed by atoms with Crippen molar-refractivity contribution in [1.82, 2.24) is 15.3 Å². The molecule has 0 saturated heterocycles. The van der Waals surface area contributed by atoms with Crippen molar-refractivity contribution in [2.75, 3.05) is 0 Å². The molecule has 18 heavy (non-hydrogen) atoms. The van der Waals surface area contributed by atoms with Gasteiger partial charge in [-0.15, -0.1) is 11.3 Å². The van der Waals surface area contributed by atoms with Gasteiger partial charge < -0.3 is 10.3 Å². The van der Waals surface area contributed by atoms with Crippen LogP contribution in [0.25, 0.3) is 0 Å². The Morgan fingerprint density at radius 2 is 2.50 bits per heavy atom. The van der Waals surface area contributed by atoms with Gasteiger partial charge >= 0.3 is 0 Å². The van der Waals surface area contributed by atoms with Crippen molar-refractivity contribution in [2.24, 2.45) is 0 Å². The highest BCUT2D eigenvalue weighted by Gasteiger charge is 2.24. The maximum absolute atomic E-state index is 4.33. The van der Waals surface area contributed by atoms with Crippen LogP contribution in [0.15, 0.2) is 18.5 Å². The molecule has 0 bridgehead atoms. The molecule has 2 unspecified atom stereocenters. The van der Waals surface area contributed by atoms with E-state index in [9.17, 15) is 0 Å². The van der Waals surface area contributed by atoms with Crippen LogP contribution in [0.5, 0.6) is 0 Å². The molecule has 0 aromatic carbocycles. The number of H-pyrrole nitrogens is 1. The number of rotatable bonds is 3. The molecule has 2 atom stereocenters. The molecule has 1 aliphatic carbocycles. The van der Waals surface area contributed by atoms with Crippen molar-refractivity contribution >= 4 is 33.9 Å². The molecule has 0 amide bonds. The van der Waals surface area contributed by atoms with Crippen LogP contribution in [0, 0.1) is 2.88 Å². The molecular weight excluding hydrogens is 357 g/mol. The van der Waals surface area contributed by atoms with Gasteiger partial charge in [0, 0.05) is 23.3 Å². The molecule has 2 heterocycles. The topological polar surface area (TPSA) is 40.7 Å². The second kappa shape index (κ2) is 5.30. The number of thiophene rings is 1. The quantitative estimate of drug-likeness (QED) is 0.804. The largest absolute Gasteiger partial charge is 0.347 e. The lowest BCUT2D eigenvalue weighted by atomic mass is 9.93. The van der Waals surface area contributed by atoms with Crippen molar-refractivity contribution in [3.8, 4) is 0 Å². The Balaban J connectivity index is 1.78. The van der Waals surface area contributed by atoms with Gasteiger partial charge in [0.15, 0.2) is 0 Å². The number of fused-ring (bicyclic) bond motifs is 1. The monoisotopic (exact) mass is 373 g/mol. The van der Waals surface area contributed by atoms with E-state index >= 15 is 0 Å². The minimum atomic E-state index is 0.272. The van der Waals surface area contributed by atoms with E-state index in [1.165, 1.54) is 27.7 Å². The lowest BCUT2D eigenvalue weighted by molar-refractivity contribution is 0.410. The molecule has 0 saturated carbocycles. The van der Waals surface area contributed by atoms with Crippen molar-refractivity contribution in [2.45, 2.75) is 38.3 Å². The third-order valence-corrected chi connectivity index (χ3v) is 5.44. The molecule has 96 valence electrons. The fourth-order valence-corrected chi connectivity index (χ4v) is 4.71. The minimum Gasteiger partial charge on any atom is -0.347 e. The van der Waals surface area contributed by atoms with Gasteiger partial charge in [-0.1, -0.05) is 0 Å². The number of hydrogen-bond acceptors (Lipinski definition) is 3. The van der Waals surface area contributed by atoms with Crippen LogP contribution < -0.4 is 5.32 Å². The third kappa shape index (κ3) is 2.48. The van der Waals surface area contributed by atoms with Crippen LogP contribution in [0.4, 0.5) is 0 Å². The SMILES string of the molecule is CC(NC1CCCc2sc(I)cc21)c1ncc[nH]1. The first-order valence-electron chi connectivity index (χ1n) is 6.27. The number of imidazole rings is 1. The Bertz CT molecular complexity index is 520. The van der Waals surface area contributed by atoms with Crippen LogP contribution in [0.2, 0.25) is 0 Å². The third-order valence-electron chi connectivity index (χ3n) is 3.46. The zero-order valence-electron chi connectivity index (χ0n) is 10.2. The van der Waals surface area contributed by atoms with Gasteiger partial charge in [-0.2, -0.15) is 0 Å². The molecule has 2 aromatic heterocycles. The number of nitrogens with zero attached hydrogens (tertiary/aromatic N) is 1. The smallest absolute Gasteiger partial charge is 0.122 e. The molecule has 0 radical (unpaired) electrons. The molecule has 1 aliphatic rings. The minimum absolute atomic E-state index is 0.272. The normalized spacial score (nSPS) is 20.7. The number of aryl methyl sites for hydroxylation is 1. The summed E-state index contributed by atoms with van der Waals surface area (Å²) in [4.78, 5) is 9.07. The zero-order chi connectivity index (χ0) is 12.5. The summed E-state index contributed by atoms with van der Waals surface area (Å²) in [5, 5.41) is 3.70. The summed E-state index contributed by atoms with van der Waals surface area (Å²) in [6.07, 6.45) is 7.45. The van der Waals surface area contributed by atoms with E-state index < -0.39 is 0 Å². The van der Waals surface area contributed by atoms with E-state index in [4.69, 9.17) is 0 Å². The van der Waals surface area contributed by atoms with E-state index in [1.807, 2.05) is 23.7 Å². The summed E-state index contributed by atoms with van der Waals surface area (Å²) in [5.74, 6) is 1.02. The summed E-state index contributed by atoms with van der Waals surface area (Å²) in [7, 11) is 0. The Kier molecular flexibility index (Phi) is 3.72. The van der Waals surface area contributed by atoms with Crippen LogP contribution in [0.3, 0.4) is 0 Å². The highest BCUT2D eigenvalue weighted by atomic mass is 127. The van der Waals surface area contributed by atoms with Crippen LogP contribution in [-0.4, -0.2) is 9.97 Å². The fraction of sp³-hybridized carbons (Fsp3) is 0.462. The Hall–Kier alpha value is -0.400. The van der Waals surface area contributed by atoms with Crippen molar-refractivity contribution in [3.63, 3.8) is 0 Å². The average molecular weight is 373 g/mol. The molecule has 0 aliphatic heterocycles. The van der Waals surface area contributed by atoms with E-state index in [2.05, 4.69) is 50.9 Å². The molecule has 2 aromatic rings. The summed E-state index contributed by atoms with van der Waals surface area (Å²) in [5.41, 5.74) is 1.51. The fourth-order valence-electron chi connectivity index (χ4n) is 2.59. The first kappa shape index (κ1) is 12.6. The molecule has 3 rings (SSSR count). The van der Waals surface area contributed by atoms with E-state index in [0.29, 0.717) is 6.04 Å². The number of hydrogen-bond donors (Lipinski definition) is 2. The van der Waals surface area contributed by atoms with E-state index in [1.54, 1.807) is 4.88 Å². The van der Waals surface area contributed by atoms with Crippen LogP contribution in [-0.2, 0) is 6.42 Å². The van der Waals surface area contributed by atoms with E-state index in [0.717, 1.165) is 5.82 Å². The lowest BCUT2D eigenvalue weighted by Gasteiger charge is -2.26. The molecular formula is C13H16IN3S. The summed E-state index contributed by atoms with van der Waals surface area (Å²) >= 11 is 4.37. The maximum atomic E-state index is 4.33. The molecule has 3 nitrogen and oxygen atoms in total. The highest BCUT2D eigenvalue weighted by molar-refractivity contribution is 14.1. The van der Waals surface area contributed by atoms with Crippen molar-refractivity contribution < 1.29 is 0 Å². The van der Waals surface area contributed by atoms with Gasteiger partial charge in [0.25, 0.3) is 0 Å². The van der Waals surface area contributed by atoms with Crippen LogP contribution >= 0.6 is 33.9 Å². The molecule has 2 N–H and O–H groups in total. The van der Waals surface area contributed by atoms with Crippen molar-refractivity contribution in [1.29, 1.82) is 0 Å². The number of nitrogens with one attached hydrogen (secondary N) is 2.